The van der Waals surface area contributed by atoms with E-state index in [0.29, 0.717) is 17.8 Å². The first-order valence-corrected chi connectivity index (χ1v) is 19.0. The van der Waals surface area contributed by atoms with Gasteiger partial charge in [-0.05, 0) is 102 Å². The van der Waals surface area contributed by atoms with Gasteiger partial charge in [0.2, 0.25) is 0 Å². The Labute approximate surface area is 299 Å². The molecular formula is C49H41NO. The number of hydrogen-bond acceptors (Lipinski definition) is 2. The molecule has 2 heterocycles. The van der Waals surface area contributed by atoms with Crippen LogP contribution in [0.25, 0.3) is 43.5 Å². The fourth-order valence-electron chi connectivity index (χ4n) is 10.8. The van der Waals surface area contributed by atoms with Crippen LogP contribution in [0.3, 0.4) is 0 Å². The van der Waals surface area contributed by atoms with E-state index in [9.17, 15) is 0 Å². The molecule has 248 valence electrons. The molecule has 0 spiro atoms. The van der Waals surface area contributed by atoms with Gasteiger partial charge in [-0.2, -0.15) is 0 Å². The van der Waals surface area contributed by atoms with Crippen molar-refractivity contribution in [2.75, 3.05) is 4.90 Å². The number of para-hydroxylation sites is 1. The molecule has 0 saturated heterocycles. The van der Waals surface area contributed by atoms with Crippen LogP contribution in [0.4, 0.5) is 11.4 Å². The SMILES string of the molecule is CC12C=CC=CC1c1c(ccc3oc4ccccc4c13)N2c1c2ccccc2c(C2CCC(C3C=CCCC3)c3ccccc32)c2ccccc12. The first kappa shape index (κ1) is 29.4. The molecule has 2 nitrogen and oxygen atoms in total. The van der Waals surface area contributed by atoms with E-state index in [0.717, 1.165) is 11.2 Å². The highest BCUT2D eigenvalue weighted by molar-refractivity contribution is 6.18. The molecule has 2 heteroatoms. The average Bonchev–Trinajstić information content (AvgIpc) is 3.69. The summed E-state index contributed by atoms with van der Waals surface area (Å²) < 4.78 is 6.47. The van der Waals surface area contributed by atoms with Crippen molar-refractivity contribution in [3.63, 3.8) is 0 Å². The summed E-state index contributed by atoms with van der Waals surface area (Å²) in [4.78, 5) is 2.68. The first-order chi connectivity index (χ1) is 25.2. The lowest BCUT2D eigenvalue weighted by atomic mass is 9.67. The van der Waals surface area contributed by atoms with Crippen molar-refractivity contribution in [2.45, 2.75) is 62.3 Å². The Morgan fingerprint density at radius 2 is 1.33 bits per heavy atom. The minimum absolute atomic E-state index is 0.176. The highest BCUT2D eigenvalue weighted by Gasteiger charge is 2.49. The predicted octanol–water partition coefficient (Wildman–Crippen LogP) is 13.4. The molecular weight excluding hydrogens is 619 g/mol. The third-order valence-electron chi connectivity index (χ3n) is 12.9. The molecule has 0 amide bonds. The summed E-state index contributed by atoms with van der Waals surface area (Å²) >= 11 is 0. The molecule has 1 aliphatic heterocycles. The largest absolute Gasteiger partial charge is 0.456 e. The smallest absolute Gasteiger partial charge is 0.135 e. The van der Waals surface area contributed by atoms with Gasteiger partial charge in [0.15, 0.2) is 0 Å². The van der Waals surface area contributed by atoms with Gasteiger partial charge in [-0.3, -0.25) is 0 Å². The molecule has 5 atom stereocenters. The average molecular weight is 660 g/mol. The minimum Gasteiger partial charge on any atom is -0.456 e. The molecule has 6 aromatic carbocycles. The number of rotatable bonds is 3. The number of benzene rings is 6. The maximum Gasteiger partial charge on any atom is 0.135 e. The zero-order chi connectivity index (χ0) is 33.7. The van der Waals surface area contributed by atoms with Crippen molar-refractivity contribution < 1.29 is 4.42 Å². The molecule has 0 fully saturated rings. The van der Waals surface area contributed by atoms with Gasteiger partial charge in [-0.1, -0.05) is 127 Å². The molecule has 1 aromatic heterocycles. The van der Waals surface area contributed by atoms with E-state index in [4.69, 9.17) is 4.42 Å². The van der Waals surface area contributed by atoms with E-state index < -0.39 is 0 Å². The summed E-state index contributed by atoms with van der Waals surface area (Å²) in [5.41, 5.74) is 10.1. The third kappa shape index (κ3) is 4.11. The molecule has 0 bridgehead atoms. The Morgan fingerprint density at radius 3 is 2.10 bits per heavy atom. The van der Waals surface area contributed by atoms with Crippen LogP contribution < -0.4 is 4.90 Å². The second-order valence-corrected chi connectivity index (χ2v) is 15.5. The van der Waals surface area contributed by atoms with Gasteiger partial charge in [0, 0.05) is 39.1 Å². The number of anilines is 2. The maximum atomic E-state index is 6.47. The van der Waals surface area contributed by atoms with Crippen LogP contribution in [-0.4, -0.2) is 5.54 Å². The topological polar surface area (TPSA) is 16.4 Å². The maximum absolute atomic E-state index is 6.47. The Morgan fingerprint density at radius 1 is 0.627 bits per heavy atom. The van der Waals surface area contributed by atoms with E-state index in [1.54, 1.807) is 5.56 Å². The number of allylic oxidation sites excluding steroid dienone is 4. The fourth-order valence-corrected chi connectivity index (χ4v) is 10.8. The van der Waals surface area contributed by atoms with Gasteiger partial charge < -0.3 is 9.32 Å². The molecule has 3 aliphatic carbocycles. The van der Waals surface area contributed by atoms with Crippen molar-refractivity contribution in [1.82, 2.24) is 0 Å². The molecule has 4 aliphatic rings. The van der Waals surface area contributed by atoms with Crippen LogP contribution in [0.1, 0.15) is 79.0 Å². The standard InChI is InChI=1S/C49H41NO/c1-49-30-14-13-24-41(49)47-42(28-29-44-46(47)40-23-11-12-25-43(40)51-44)50(49)48-38-21-9-7-19-35(38)45(36-20-8-10-22-39(36)48)37-27-26-32(31-15-3-2-4-16-31)33-17-5-6-18-34(33)37/h3,5-15,17-25,28-32,37,41H,2,4,16,26-27H2,1H3. The Kier molecular flexibility index (Phi) is 6.39. The quantitative estimate of drug-likeness (QED) is 0.139. The van der Waals surface area contributed by atoms with Crippen molar-refractivity contribution in [3.05, 3.63) is 168 Å². The molecule has 5 unspecified atom stereocenters. The lowest BCUT2D eigenvalue weighted by Gasteiger charge is -2.41. The zero-order valence-electron chi connectivity index (χ0n) is 29.1. The lowest BCUT2D eigenvalue weighted by Crippen LogP contribution is -2.42. The molecule has 11 rings (SSSR count). The van der Waals surface area contributed by atoms with Crippen LogP contribution in [0.5, 0.6) is 0 Å². The molecule has 0 radical (unpaired) electrons. The zero-order valence-corrected chi connectivity index (χ0v) is 29.1. The number of furan rings is 1. The van der Waals surface area contributed by atoms with E-state index >= 15 is 0 Å². The van der Waals surface area contributed by atoms with Crippen molar-refractivity contribution in [2.24, 2.45) is 5.92 Å². The summed E-state index contributed by atoms with van der Waals surface area (Å²) in [7, 11) is 0. The highest BCUT2D eigenvalue weighted by atomic mass is 16.3. The van der Waals surface area contributed by atoms with Crippen LogP contribution in [0.2, 0.25) is 0 Å². The summed E-state index contributed by atoms with van der Waals surface area (Å²) in [5.74, 6) is 1.77. The Hall–Kier alpha value is -5.34. The molecule has 7 aromatic rings. The number of hydrogen-bond donors (Lipinski definition) is 0. The van der Waals surface area contributed by atoms with Gasteiger partial charge in [-0.25, -0.2) is 0 Å². The normalized spacial score (nSPS) is 25.2. The lowest BCUT2D eigenvalue weighted by molar-refractivity contribution is 0.390. The van der Waals surface area contributed by atoms with Gasteiger partial charge in [-0.15, -0.1) is 0 Å². The second kappa shape index (κ2) is 11.1. The molecule has 51 heavy (non-hydrogen) atoms. The Balaban J connectivity index is 1.18. The summed E-state index contributed by atoms with van der Waals surface area (Å²) in [6, 6.07) is 41.0. The summed E-state index contributed by atoms with van der Waals surface area (Å²) in [6.07, 6.45) is 20.5. The van der Waals surface area contributed by atoms with Gasteiger partial charge in [0.25, 0.3) is 0 Å². The predicted molar refractivity (Wildman–Crippen MR) is 213 cm³/mol. The van der Waals surface area contributed by atoms with E-state index in [1.165, 1.54) is 92.5 Å². The van der Waals surface area contributed by atoms with Gasteiger partial charge in [0.05, 0.1) is 11.2 Å². The van der Waals surface area contributed by atoms with E-state index in [1.807, 2.05) is 0 Å². The third-order valence-corrected chi connectivity index (χ3v) is 12.9. The van der Waals surface area contributed by atoms with E-state index in [-0.39, 0.29) is 11.5 Å². The van der Waals surface area contributed by atoms with Crippen LogP contribution >= 0.6 is 0 Å². The van der Waals surface area contributed by atoms with Gasteiger partial charge >= 0.3 is 0 Å². The summed E-state index contributed by atoms with van der Waals surface area (Å²) in [6.45, 7) is 2.43. The molecule has 0 N–H and O–H groups in total. The number of fused-ring (bicyclic) bond motifs is 10. The van der Waals surface area contributed by atoms with Gasteiger partial charge in [0.1, 0.15) is 11.2 Å². The minimum atomic E-state index is -0.297. The fraction of sp³-hybridized carbons (Fsp3) is 0.224. The van der Waals surface area contributed by atoms with Crippen molar-refractivity contribution >= 4 is 54.9 Å². The molecule has 0 saturated carbocycles. The monoisotopic (exact) mass is 659 g/mol. The number of nitrogens with zero attached hydrogens (tertiary/aromatic N) is 1. The van der Waals surface area contributed by atoms with Crippen LogP contribution in [-0.2, 0) is 0 Å². The van der Waals surface area contributed by atoms with Crippen molar-refractivity contribution in [3.8, 4) is 0 Å². The second-order valence-electron chi connectivity index (χ2n) is 15.5. The van der Waals surface area contributed by atoms with Crippen LogP contribution in [0.15, 0.2) is 150 Å². The van der Waals surface area contributed by atoms with Crippen molar-refractivity contribution in [1.29, 1.82) is 0 Å². The van der Waals surface area contributed by atoms with Crippen LogP contribution in [0, 0.1) is 5.92 Å². The highest BCUT2D eigenvalue weighted by Crippen LogP contribution is 2.60. The first-order valence-electron chi connectivity index (χ1n) is 19.0. The summed E-state index contributed by atoms with van der Waals surface area (Å²) in [5, 5.41) is 7.84. The van der Waals surface area contributed by atoms with E-state index in [2.05, 4.69) is 157 Å². The Bertz CT molecular complexity index is 2580.